The van der Waals surface area contributed by atoms with Gasteiger partial charge in [0.05, 0.1) is 38.1 Å². The number of fused-ring (bicyclic) bond motifs is 7. The quantitative estimate of drug-likeness (QED) is 0.107. The third kappa shape index (κ3) is 8.60. The summed E-state index contributed by atoms with van der Waals surface area (Å²) in [6.07, 6.45) is -12.1. The van der Waals surface area contributed by atoms with Crippen LogP contribution in [-0.4, -0.2) is 186 Å². The number of hydrogen-bond acceptors (Lipinski definition) is 18. The highest BCUT2D eigenvalue weighted by molar-refractivity contribution is 5.15. The minimum atomic E-state index is -1.64. The van der Waals surface area contributed by atoms with Crippen LogP contribution in [0.5, 0.6) is 0 Å². The molecule has 0 radical (unpaired) electrons. The van der Waals surface area contributed by atoms with Crippen LogP contribution in [0.4, 0.5) is 0 Å². The van der Waals surface area contributed by atoms with E-state index < -0.39 is 111 Å². The van der Waals surface area contributed by atoms with E-state index in [4.69, 9.17) is 33.2 Å². The van der Waals surface area contributed by atoms with E-state index in [9.17, 15) is 56.2 Å². The molecule has 0 amide bonds. The van der Waals surface area contributed by atoms with Gasteiger partial charge in [-0.25, -0.2) is 0 Å². The zero-order valence-corrected chi connectivity index (χ0v) is 37.3. The van der Waals surface area contributed by atoms with Crippen molar-refractivity contribution in [2.75, 3.05) is 19.8 Å². The highest BCUT2D eigenvalue weighted by Crippen LogP contribution is 2.71. The summed E-state index contributed by atoms with van der Waals surface area (Å²) >= 11 is 0. The molecule has 0 aromatic rings. The average Bonchev–Trinajstić information content (AvgIpc) is 3.70. The maximum absolute atomic E-state index is 12.1. The van der Waals surface area contributed by atoms with Gasteiger partial charge in [-0.15, -0.1) is 0 Å². The van der Waals surface area contributed by atoms with Crippen LogP contribution in [0.25, 0.3) is 0 Å². The van der Waals surface area contributed by atoms with Gasteiger partial charge in [0.1, 0.15) is 67.1 Å². The summed E-state index contributed by atoms with van der Waals surface area (Å²) in [7, 11) is 0. The Kier molecular flexibility index (Phi) is 14.4. The predicted octanol–water partition coefficient (Wildman–Crippen LogP) is -0.752. The molecule has 364 valence electrons. The Bertz CT molecular complexity index is 1540. The Morgan fingerprint density at radius 3 is 1.98 bits per heavy atom. The highest BCUT2D eigenvalue weighted by atomic mass is 16.8. The van der Waals surface area contributed by atoms with E-state index in [0.29, 0.717) is 36.5 Å². The summed E-state index contributed by atoms with van der Waals surface area (Å²) in [4.78, 5) is 0. The molecule has 1 unspecified atom stereocenters. The van der Waals surface area contributed by atoms with Crippen molar-refractivity contribution in [1.82, 2.24) is 0 Å². The van der Waals surface area contributed by atoms with Crippen molar-refractivity contribution in [3.05, 3.63) is 0 Å². The van der Waals surface area contributed by atoms with Gasteiger partial charge in [0.15, 0.2) is 24.7 Å². The van der Waals surface area contributed by atoms with E-state index in [0.717, 1.165) is 51.4 Å². The molecule has 4 saturated carbocycles. The van der Waals surface area contributed by atoms with Crippen molar-refractivity contribution in [1.29, 1.82) is 0 Å². The van der Waals surface area contributed by atoms with Crippen molar-refractivity contribution < 1.29 is 89.3 Å². The number of aliphatic hydroxyl groups excluding tert-OH is 10. The summed E-state index contributed by atoms with van der Waals surface area (Å²) in [5.74, 6) is 0.658. The molecule has 0 bridgehead atoms. The third-order valence-electron chi connectivity index (χ3n) is 17.9. The van der Waals surface area contributed by atoms with Gasteiger partial charge in [-0.3, -0.25) is 0 Å². The molecule has 18 nitrogen and oxygen atoms in total. The molecule has 11 N–H and O–H groups in total. The van der Waals surface area contributed by atoms with E-state index >= 15 is 0 Å². The molecule has 8 rings (SSSR count). The van der Waals surface area contributed by atoms with Crippen molar-refractivity contribution in [2.45, 2.75) is 209 Å². The molecule has 27 atom stereocenters. The number of ether oxygens (including phenoxy) is 7. The lowest BCUT2D eigenvalue weighted by Crippen LogP contribution is -2.64. The second-order valence-corrected chi connectivity index (χ2v) is 21.4. The molecule has 0 aromatic carbocycles. The number of aliphatic hydroxyl groups is 11. The summed E-state index contributed by atoms with van der Waals surface area (Å²) in [5, 5.41) is 115. The summed E-state index contributed by atoms with van der Waals surface area (Å²) in [6.45, 7) is 9.57. The predicted molar refractivity (Wildman–Crippen MR) is 218 cm³/mol. The summed E-state index contributed by atoms with van der Waals surface area (Å²) in [6, 6.07) is 0. The molecular formula is C45H76O18. The van der Waals surface area contributed by atoms with Gasteiger partial charge in [0.25, 0.3) is 0 Å². The van der Waals surface area contributed by atoms with Crippen LogP contribution in [0.1, 0.15) is 98.8 Å². The summed E-state index contributed by atoms with van der Waals surface area (Å²) < 4.78 is 42.2. The largest absolute Gasteiger partial charge is 0.394 e. The van der Waals surface area contributed by atoms with E-state index in [1.807, 2.05) is 6.92 Å². The van der Waals surface area contributed by atoms with E-state index in [1.54, 1.807) is 0 Å². The fourth-order valence-corrected chi connectivity index (χ4v) is 14.1. The molecule has 8 aliphatic rings. The first kappa shape index (κ1) is 48.7. The van der Waals surface area contributed by atoms with Crippen LogP contribution in [-0.2, 0) is 33.2 Å². The molecule has 4 heterocycles. The maximum Gasteiger partial charge on any atom is 0.187 e. The van der Waals surface area contributed by atoms with Gasteiger partial charge in [0.2, 0.25) is 0 Å². The highest BCUT2D eigenvalue weighted by Gasteiger charge is 2.68. The molecule has 4 aliphatic heterocycles. The first-order valence-electron chi connectivity index (χ1n) is 23.7. The van der Waals surface area contributed by atoms with Gasteiger partial charge >= 0.3 is 0 Å². The van der Waals surface area contributed by atoms with Gasteiger partial charge < -0.3 is 89.3 Å². The Hall–Kier alpha value is -0.720. The van der Waals surface area contributed by atoms with Crippen LogP contribution in [0.2, 0.25) is 0 Å². The molecule has 63 heavy (non-hydrogen) atoms. The van der Waals surface area contributed by atoms with Gasteiger partial charge in [-0.2, -0.15) is 0 Å². The normalized spacial score (nSPS) is 56.3. The molecule has 0 aromatic heterocycles. The number of hydrogen-bond donors (Lipinski definition) is 11. The van der Waals surface area contributed by atoms with Crippen LogP contribution in [0, 0.1) is 52.3 Å². The van der Waals surface area contributed by atoms with Crippen LogP contribution < -0.4 is 0 Å². The Morgan fingerprint density at radius 1 is 0.651 bits per heavy atom. The Balaban J connectivity index is 0.868. The van der Waals surface area contributed by atoms with Crippen molar-refractivity contribution in [3.63, 3.8) is 0 Å². The fourth-order valence-electron chi connectivity index (χ4n) is 14.1. The lowest BCUT2D eigenvalue weighted by Gasteiger charge is -2.61. The zero-order valence-electron chi connectivity index (χ0n) is 37.3. The first-order valence-corrected chi connectivity index (χ1v) is 23.7. The fraction of sp³-hybridized carbons (Fsp3) is 1.00. The van der Waals surface area contributed by atoms with E-state index in [2.05, 4.69) is 20.8 Å². The summed E-state index contributed by atoms with van der Waals surface area (Å²) in [5.41, 5.74) is 0.0866. The molecular weight excluding hydrogens is 828 g/mol. The first-order chi connectivity index (χ1) is 29.8. The standard InChI is InChI=1S/C45H76O18/c1-19(18-57-40-37(54)35(52)32(49)28(16-46)60-40)8-13-45(56)20(2)30-27(63-45)15-26-24-7-6-22-14-23(9-11-43(22,4)25(24)10-12-44(26,30)5)59-42-39(36(53)33(50)29(17-47)61-42)62-41-38(55)34(51)31(48)21(3)58-41/h19-42,46-56H,6-18H2,1-5H3/t19-,20-,21-,22-,23-,24+,25-,26-,27-,28+,29+,30-,31-,32+,33+,34+,35-,36-,37+,38+,39+,40+,41-,42+,43-,44-,45?/m0/s1. The number of rotatable bonds is 12. The minimum absolute atomic E-state index is 0.0145. The Morgan fingerprint density at radius 2 is 1.29 bits per heavy atom. The molecule has 18 heteroatoms. The Labute approximate surface area is 369 Å². The molecule has 0 spiro atoms. The topological polar surface area (TPSA) is 287 Å². The van der Waals surface area contributed by atoms with Crippen molar-refractivity contribution in [2.24, 2.45) is 52.3 Å². The van der Waals surface area contributed by atoms with Crippen LogP contribution in [0.15, 0.2) is 0 Å². The minimum Gasteiger partial charge on any atom is -0.394 e. The molecule has 4 aliphatic carbocycles. The van der Waals surface area contributed by atoms with Gasteiger partial charge in [-0.1, -0.05) is 27.7 Å². The average molecular weight is 905 g/mol. The SMILES string of the molecule is C[C@@H](CCC1(O)O[C@H]2C[C@H]3[C@@H]4CC[C@H]5C[C@@H](O[C@@H]6O[C@H](CO)[C@@H](O)[C@H](O)[C@H]6O[C@@H]6O[C@@H](C)[C@H](O)[C@@H](O)[C@H]6O)CC[C@]5(C)[C@H]4CC[C@]3(C)[C@H]2[C@@H]1C)CO[C@@H]1O[C@H](CO)[C@@H](O)[C@H](O)[C@H]1O. The monoisotopic (exact) mass is 905 g/mol. The van der Waals surface area contributed by atoms with E-state index in [-0.39, 0.29) is 47.4 Å². The lowest BCUT2D eigenvalue weighted by molar-refractivity contribution is -0.371. The second kappa shape index (κ2) is 18.6. The molecule has 8 fully saturated rings. The van der Waals surface area contributed by atoms with Gasteiger partial charge in [-0.05, 0) is 111 Å². The maximum atomic E-state index is 12.1. The van der Waals surface area contributed by atoms with Crippen molar-refractivity contribution >= 4 is 0 Å². The molecule has 4 saturated heterocycles. The lowest BCUT2D eigenvalue weighted by atomic mass is 9.44. The smallest absolute Gasteiger partial charge is 0.187 e. The van der Waals surface area contributed by atoms with Crippen LogP contribution in [0.3, 0.4) is 0 Å². The second-order valence-electron chi connectivity index (χ2n) is 21.4. The third-order valence-corrected chi connectivity index (χ3v) is 17.9. The van der Waals surface area contributed by atoms with Crippen molar-refractivity contribution in [3.8, 4) is 0 Å². The zero-order chi connectivity index (χ0) is 45.5. The van der Waals surface area contributed by atoms with E-state index in [1.165, 1.54) is 6.92 Å². The van der Waals surface area contributed by atoms with Gasteiger partial charge in [0, 0.05) is 12.3 Å². The van der Waals surface area contributed by atoms with Crippen LogP contribution >= 0.6 is 0 Å².